The maximum absolute atomic E-state index is 14.1. The molecule has 0 aromatic rings. The van der Waals surface area contributed by atoms with E-state index in [0.29, 0.717) is 32.5 Å². The molecule has 4 N–H and O–H groups in total. The monoisotopic (exact) mass is 469 g/mol. The highest BCUT2D eigenvalue weighted by Crippen LogP contribution is 2.42. The van der Waals surface area contributed by atoms with Gasteiger partial charge in [0.2, 0.25) is 5.91 Å². The summed E-state index contributed by atoms with van der Waals surface area (Å²) in [7, 11) is 0. The molecule has 1 saturated carbocycles. The maximum atomic E-state index is 14.1. The van der Waals surface area contributed by atoms with Gasteiger partial charge in [0.05, 0.1) is 24.1 Å². The lowest BCUT2D eigenvalue weighted by Crippen LogP contribution is -2.50. The molecule has 1 amide bonds. The van der Waals surface area contributed by atoms with Crippen LogP contribution < -0.4 is 21.5 Å². The number of nitrogens with zero attached hydrogens (tertiary/aromatic N) is 1. The standard InChI is InChI=1S/C20H32F5N5O2/c21-12-3-4-14(20(23,24)25)11(6-12)9-30-10-13(8-27-30)28-19(31)16-7-17(32-29-16)18-15(22)2-1-5-26-18/h11-18,26-27,29H,1-10H2,(H,28,31). The SMILES string of the molecule is O=C(NC1CNN(CC2CC(F)CCC2C(F)(F)F)C1)C1CC(C2NCCCC2F)ON1. The van der Waals surface area contributed by atoms with Crippen LogP contribution in [0.2, 0.25) is 0 Å². The first kappa shape index (κ1) is 24.1. The fourth-order valence-electron chi connectivity index (χ4n) is 5.41. The van der Waals surface area contributed by atoms with Gasteiger partial charge in [-0.2, -0.15) is 18.7 Å². The molecule has 3 aliphatic heterocycles. The van der Waals surface area contributed by atoms with Gasteiger partial charge in [-0.3, -0.25) is 15.1 Å². The van der Waals surface area contributed by atoms with Crippen LogP contribution in [0.3, 0.4) is 0 Å². The molecular formula is C20H32F5N5O2. The lowest BCUT2D eigenvalue weighted by atomic mass is 9.77. The minimum Gasteiger partial charge on any atom is -0.349 e. The first-order valence-corrected chi connectivity index (χ1v) is 11.5. The molecule has 3 saturated heterocycles. The second-order valence-electron chi connectivity index (χ2n) is 9.49. The van der Waals surface area contributed by atoms with Crippen molar-refractivity contribution in [2.45, 2.75) is 81.3 Å². The number of rotatable bonds is 5. The van der Waals surface area contributed by atoms with E-state index in [2.05, 4.69) is 21.5 Å². The van der Waals surface area contributed by atoms with Gasteiger partial charge in [-0.05, 0) is 44.6 Å². The number of piperidine rings is 1. The van der Waals surface area contributed by atoms with E-state index in [1.54, 1.807) is 5.01 Å². The molecule has 0 spiro atoms. The summed E-state index contributed by atoms with van der Waals surface area (Å²) in [4.78, 5) is 18.1. The number of hydrogen-bond donors (Lipinski definition) is 4. The summed E-state index contributed by atoms with van der Waals surface area (Å²) in [6.45, 7) is 1.50. The molecule has 0 aromatic carbocycles. The first-order valence-electron chi connectivity index (χ1n) is 11.5. The largest absolute Gasteiger partial charge is 0.392 e. The molecule has 0 aromatic heterocycles. The van der Waals surface area contributed by atoms with Crippen LogP contribution in [0.15, 0.2) is 0 Å². The van der Waals surface area contributed by atoms with E-state index < -0.39 is 48.5 Å². The number of nitrogens with one attached hydrogen (secondary N) is 4. The fraction of sp³-hybridized carbons (Fsp3) is 0.950. The second-order valence-corrected chi connectivity index (χ2v) is 9.49. The van der Waals surface area contributed by atoms with Crippen molar-refractivity contribution in [2.75, 3.05) is 26.2 Å². The molecule has 32 heavy (non-hydrogen) atoms. The Morgan fingerprint density at radius 1 is 1.16 bits per heavy atom. The van der Waals surface area contributed by atoms with E-state index in [4.69, 9.17) is 4.84 Å². The zero-order valence-electron chi connectivity index (χ0n) is 17.8. The van der Waals surface area contributed by atoms with Crippen molar-refractivity contribution in [3.05, 3.63) is 0 Å². The van der Waals surface area contributed by atoms with Gasteiger partial charge < -0.3 is 10.6 Å². The van der Waals surface area contributed by atoms with Crippen molar-refractivity contribution in [1.82, 2.24) is 26.5 Å². The van der Waals surface area contributed by atoms with Gasteiger partial charge in [0, 0.05) is 26.1 Å². The van der Waals surface area contributed by atoms with E-state index in [9.17, 15) is 26.7 Å². The number of hydroxylamine groups is 1. The van der Waals surface area contributed by atoms with E-state index in [1.165, 1.54) is 0 Å². The summed E-state index contributed by atoms with van der Waals surface area (Å²) < 4.78 is 67.9. The van der Waals surface area contributed by atoms with Crippen LogP contribution in [0.5, 0.6) is 0 Å². The van der Waals surface area contributed by atoms with E-state index in [0.717, 1.165) is 6.42 Å². The van der Waals surface area contributed by atoms with Crippen LogP contribution >= 0.6 is 0 Å². The second kappa shape index (κ2) is 10.0. The molecule has 4 rings (SSSR count). The smallest absolute Gasteiger partial charge is 0.349 e. The molecule has 8 unspecified atom stereocenters. The minimum atomic E-state index is -4.34. The van der Waals surface area contributed by atoms with Gasteiger partial charge in [0.1, 0.15) is 18.4 Å². The van der Waals surface area contributed by atoms with Crippen LogP contribution in [0, 0.1) is 11.8 Å². The van der Waals surface area contributed by atoms with Crippen molar-refractivity contribution in [3.63, 3.8) is 0 Å². The van der Waals surface area contributed by atoms with Gasteiger partial charge in [0.25, 0.3) is 0 Å². The van der Waals surface area contributed by atoms with Crippen LogP contribution in [0.1, 0.15) is 38.5 Å². The third-order valence-corrected chi connectivity index (χ3v) is 7.12. The van der Waals surface area contributed by atoms with Gasteiger partial charge in [-0.25, -0.2) is 13.8 Å². The van der Waals surface area contributed by atoms with Crippen molar-refractivity contribution in [2.24, 2.45) is 11.8 Å². The lowest BCUT2D eigenvalue weighted by Gasteiger charge is -2.36. The zero-order chi connectivity index (χ0) is 22.9. The summed E-state index contributed by atoms with van der Waals surface area (Å²) in [6, 6.07) is -1.36. The van der Waals surface area contributed by atoms with Crippen LogP contribution in [0.4, 0.5) is 22.0 Å². The fourth-order valence-corrected chi connectivity index (χ4v) is 5.41. The Hall–Kier alpha value is -1.08. The molecule has 3 heterocycles. The Morgan fingerprint density at radius 2 is 1.97 bits per heavy atom. The van der Waals surface area contributed by atoms with Crippen molar-refractivity contribution in [1.29, 1.82) is 0 Å². The molecule has 7 nitrogen and oxygen atoms in total. The third kappa shape index (κ3) is 5.69. The van der Waals surface area contributed by atoms with E-state index >= 15 is 0 Å². The normalized spacial score (nSPS) is 41.7. The summed E-state index contributed by atoms with van der Waals surface area (Å²) in [6.07, 6.45) is -5.78. The van der Waals surface area contributed by atoms with Gasteiger partial charge in [-0.1, -0.05) is 0 Å². The number of hydrogen-bond acceptors (Lipinski definition) is 6. The third-order valence-electron chi connectivity index (χ3n) is 7.12. The molecule has 184 valence electrons. The molecule has 4 aliphatic rings. The maximum Gasteiger partial charge on any atom is 0.392 e. The lowest BCUT2D eigenvalue weighted by molar-refractivity contribution is -0.201. The number of halogens is 5. The molecule has 0 radical (unpaired) electrons. The summed E-state index contributed by atoms with van der Waals surface area (Å²) >= 11 is 0. The number of alkyl halides is 5. The molecular weight excluding hydrogens is 437 g/mol. The predicted octanol–water partition coefficient (Wildman–Crippen LogP) is 1.36. The van der Waals surface area contributed by atoms with Crippen molar-refractivity contribution in [3.8, 4) is 0 Å². The zero-order valence-corrected chi connectivity index (χ0v) is 17.8. The summed E-state index contributed by atoms with van der Waals surface area (Å²) in [5.41, 5.74) is 5.70. The molecule has 8 atom stereocenters. The Labute approximate surface area is 184 Å². The highest BCUT2D eigenvalue weighted by atomic mass is 19.4. The number of hydrazine groups is 1. The molecule has 0 bridgehead atoms. The molecule has 1 aliphatic carbocycles. The van der Waals surface area contributed by atoms with Crippen LogP contribution in [-0.4, -0.2) is 79.8 Å². The quantitative estimate of drug-likeness (QED) is 0.456. The van der Waals surface area contributed by atoms with Crippen LogP contribution in [0.25, 0.3) is 0 Å². The van der Waals surface area contributed by atoms with E-state index in [1.807, 2.05) is 0 Å². The highest BCUT2D eigenvalue weighted by molar-refractivity contribution is 5.82. The highest BCUT2D eigenvalue weighted by Gasteiger charge is 2.48. The van der Waals surface area contributed by atoms with Crippen LogP contribution in [-0.2, 0) is 9.63 Å². The van der Waals surface area contributed by atoms with Gasteiger partial charge in [0.15, 0.2) is 0 Å². The molecule has 12 heteroatoms. The average molecular weight is 469 g/mol. The number of amides is 1. The predicted molar refractivity (Wildman–Crippen MR) is 106 cm³/mol. The Morgan fingerprint density at radius 3 is 2.72 bits per heavy atom. The minimum absolute atomic E-state index is 0.0518. The van der Waals surface area contributed by atoms with Crippen molar-refractivity contribution >= 4 is 5.91 Å². The summed E-state index contributed by atoms with van der Waals surface area (Å²) in [5.74, 6) is -2.61. The average Bonchev–Trinajstić information content (AvgIpc) is 3.37. The first-order chi connectivity index (χ1) is 15.2. The van der Waals surface area contributed by atoms with Gasteiger partial charge in [-0.15, -0.1) is 0 Å². The molecule has 4 fully saturated rings. The van der Waals surface area contributed by atoms with Crippen molar-refractivity contribution < 1.29 is 31.6 Å². The number of carbonyl (C=O) groups excluding carboxylic acids is 1. The topological polar surface area (TPSA) is 77.7 Å². The van der Waals surface area contributed by atoms with Gasteiger partial charge >= 0.3 is 6.18 Å². The Kier molecular flexibility index (Phi) is 7.55. The Balaban J connectivity index is 1.24. The Bertz CT molecular complexity index is 656. The van der Waals surface area contributed by atoms with E-state index in [-0.39, 0.29) is 37.8 Å². The number of carbonyl (C=O) groups is 1. The summed E-state index contributed by atoms with van der Waals surface area (Å²) in [5, 5.41) is 7.63.